The number of aromatic nitrogens is 1. The number of hydrogen-bond donors (Lipinski definition) is 1. The molecule has 4 rings (SSSR count). The van der Waals surface area contributed by atoms with Gasteiger partial charge in [0, 0.05) is 43.4 Å². The molecule has 9 nitrogen and oxygen atoms in total. The summed E-state index contributed by atoms with van der Waals surface area (Å²) in [5.74, 6) is -0.388. The number of ether oxygens (including phenoxy) is 2. The van der Waals surface area contributed by atoms with E-state index >= 15 is 0 Å². The first-order chi connectivity index (χ1) is 14.1. The fourth-order valence-corrected chi connectivity index (χ4v) is 5.28. The summed E-state index contributed by atoms with van der Waals surface area (Å²) in [6, 6.07) is 4.73. The number of hydrogen-bond acceptors (Lipinski definition) is 8. The van der Waals surface area contributed by atoms with Gasteiger partial charge < -0.3 is 14.4 Å². The molecule has 1 amide bonds. The summed E-state index contributed by atoms with van der Waals surface area (Å²) < 4.78 is 38.2. The third kappa shape index (κ3) is 4.43. The first kappa shape index (κ1) is 20.2. The van der Waals surface area contributed by atoms with E-state index in [0.29, 0.717) is 69.0 Å². The van der Waals surface area contributed by atoms with Gasteiger partial charge in [-0.1, -0.05) is 0 Å². The second-order valence-electron chi connectivity index (χ2n) is 6.59. The van der Waals surface area contributed by atoms with Gasteiger partial charge >= 0.3 is 0 Å². The summed E-state index contributed by atoms with van der Waals surface area (Å²) in [5, 5.41) is 4.98. The zero-order chi connectivity index (χ0) is 20.3. The van der Waals surface area contributed by atoms with Crippen LogP contribution in [0.25, 0.3) is 0 Å². The van der Waals surface area contributed by atoms with E-state index < -0.39 is 10.0 Å². The van der Waals surface area contributed by atoms with E-state index in [0.717, 1.165) is 0 Å². The van der Waals surface area contributed by atoms with Gasteiger partial charge in [-0.25, -0.2) is 13.4 Å². The van der Waals surface area contributed by atoms with Crippen molar-refractivity contribution in [2.24, 2.45) is 0 Å². The number of nitrogens with zero attached hydrogens (tertiary/aromatic N) is 3. The molecule has 0 bridgehead atoms. The minimum Gasteiger partial charge on any atom is -0.379 e. The van der Waals surface area contributed by atoms with Crippen LogP contribution in [0.2, 0.25) is 0 Å². The van der Waals surface area contributed by atoms with Crippen LogP contribution in [0.15, 0.2) is 34.7 Å². The highest BCUT2D eigenvalue weighted by atomic mass is 32.2. The molecule has 0 spiro atoms. The van der Waals surface area contributed by atoms with Gasteiger partial charge in [0.1, 0.15) is 0 Å². The maximum atomic E-state index is 13.1. The lowest BCUT2D eigenvalue weighted by Crippen LogP contribution is -2.41. The molecule has 0 atom stereocenters. The topological polar surface area (TPSA) is 101 Å². The molecule has 2 aliphatic rings. The number of thiazole rings is 1. The Balaban J connectivity index is 1.69. The molecule has 0 aliphatic carbocycles. The van der Waals surface area contributed by atoms with Gasteiger partial charge in [-0.15, -0.1) is 11.3 Å². The quantitative estimate of drug-likeness (QED) is 0.750. The van der Waals surface area contributed by atoms with E-state index in [1.807, 2.05) is 4.90 Å². The van der Waals surface area contributed by atoms with Crippen molar-refractivity contribution in [3.63, 3.8) is 0 Å². The lowest BCUT2D eigenvalue weighted by Gasteiger charge is -2.31. The summed E-state index contributed by atoms with van der Waals surface area (Å²) in [6.45, 7) is 3.70. The van der Waals surface area contributed by atoms with Gasteiger partial charge in [-0.05, 0) is 18.2 Å². The van der Waals surface area contributed by atoms with E-state index in [2.05, 4.69) is 10.3 Å². The molecule has 29 heavy (non-hydrogen) atoms. The summed E-state index contributed by atoms with van der Waals surface area (Å²) in [4.78, 5) is 19.2. The average Bonchev–Trinajstić information content (AvgIpc) is 3.27. The molecule has 0 radical (unpaired) electrons. The summed E-state index contributed by atoms with van der Waals surface area (Å²) in [7, 11) is -3.71. The zero-order valence-corrected chi connectivity index (χ0v) is 17.4. The van der Waals surface area contributed by atoms with Crippen LogP contribution in [0.3, 0.4) is 0 Å². The number of morpholine rings is 2. The van der Waals surface area contributed by atoms with Gasteiger partial charge in [-0.2, -0.15) is 4.31 Å². The molecule has 2 aliphatic heterocycles. The van der Waals surface area contributed by atoms with Crippen molar-refractivity contribution < 1.29 is 22.7 Å². The Labute approximate surface area is 173 Å². The maximum absolute atomic E-state index is 13.1. The summed E-state index contributed by atoms with van der Waals surface area (Å²) in [5.41, 5.74) is 0.986. The Bertz CT molecular complexity index is 953. The Hall–Kier alpha value is -2.05. The third-order valence-electron chi connectivity index (χ3n) is 4.83. The molecule has 156 valence electrons. The van der Waals surface area contributed by atoms with E-state index in [-0.39, 0.29) is 10.8 Å². The second-order valence-corrected chi connectivity index (χ2v) is 9.42. The molecular formula is C18H22N4O5S2. The fourth-order valence-electron chi connectivity index (χ4n) is 3.32. The van der Waals surface area contributed by atoms with Crippen LogP contribution in [0.4, 0.5) is 10.8 Å². The highest BCUT2D eigenvalue weighted by Crippen LogP contribution is 2.28. The number of carbonyl (C=O) groups excluding carboxylic acids is 1. The normalized spacial score (nSPS) is 18.6. The lowest BCUT2D eigenvalue weighted by molar-refractivity contribution is 0.0730. The monoisotopic (exact) mass is 438 g/mol. The van der Waals surface area contributed by atoms with Gasteiger partial charge in [0.05, 0.1) is 36.9 Å². The number of nitrogens with one attached hydrogen (secondary N) is 1. The standard InChI is InChI=1S/C18H22N4O5S2/c23-17(20-18-19-3-12-28-18)15-13-14(29(24,25)22-6-10-27-11-7-22)1-2-16(15)21-4-8-26-9-5-21/h1-3,12-13H,4-11H2,(H,19,20,23). The highest BCUT2D eigenvalue weighted by Gasteiger charge is 2.29. The Morgan fingerprint density at radius 1 is 1.07 bits per heavy atom. The largest absolute Gasteiger partial charge is 0.379 e. The number of sulfonamides is 1. The molecule has 1 N–H and O–H groups in total. The fraction of sp³-hybridized carbons (Fsp3) is 0.444. The van der Waals surface area contributed by atoms with Crippen molar-refractivity contribution in [2.45, 2.75) is 4.90 Å². The van der Waals surface area contributed by atoms with Crippen LogP contribution in [-0.2, 0) is 19.5 Å². The van der Waals surface area contributed by atoms with Gasteiger partial charge in [0.15, 0.2) is 5.13 Å². The molecular weight excluding hydrogens is 416 g/mol. The van der Waals surface area contributed by atoms with E-state index in [1.165, 1.54) is 21.7 Å². The number of benzene rings is 1. The maximum Gasteiger partial charge on any atom is 0.259 e. The van der Waals surface area contributed by atoms with Crippen molar-refractivity contribution >= 4 is 38.1 Å². The van der Waals surface area contributed by atoms with Crippen molar-refractivity contribution in [3.8, 4) is 0 Å². The molecule has 3 heterocycles. The Kier molecular flexibility index (Phi) is 6.11. The van der Waals surface area contributed by atoms with Crippen molar-refractivity contribution in [2.75, 3.05) is 62.8 Å². The Morgan fingerprint density at radius 3 is 2.41 bits per heavy atom. The van der Waals surface area contributed by atoms with Gasteiger partial charge in [0.2, 0.25) is 10.0 Å². The lowest BCUT2D eigenvalue weighted by atomic mass is 10.1. The molecule has 1 aromatic heterocycles. The third-order valence-corrected chi connectivity index (χ3v) is 7.41. The van der Waals surface area contributed by atoms with Crippen LogP contribution in [0.1, 0.15) is 10.4 Å². The first-order valence-corrected chi connectivity index (χ1v) is 11.6. The van der Waals surface area contributed by atoms with Crippen LogP contribution in [-0.4, -0.2) is 76.2 Å². The number of rotatable bonds is 5. The van der Waals surface area contributed by atoms with Crippen LogP contribution >= 0.6 is 11.3 Å². The van der Waals surface area contributed by atoms with Crippen LogP contribution < -0.4 is 10.2 Å². The number of carbonyl (C=O) groups is 1. The molecule has 2 saturated heterocycles. The number of anilines is 2. The Morgan fingerprint density at radius 2 is 1.76 bits per heavy atom. The molecule has 2 aromatic rings. The summed E-state index contributed by atoms with van der Waals surface area (Å²) in [6.07, 6.45) is 1.60. The van der Waals surface area contributed by atoms with E-state index in [9.17, 15) is 13.2 Å². The van der Waals surface area contributed by atoms with Crippen molar-refractivity contribution in [3.05, 3.63) is 35.3 Å². The SMILES string of the molecule is O=C(Nc1nccs1)c1cc(S(=O)(=O)N2CCOCC2)ccc1N1CCOCC1. The van der Waals surface area contributed by atoms with Crippen LogP contribution in [0.5, 0.6) is 0 Å². The van der Waals surface area contributed by atoms with E-state index in [1.54, 1.807) is 23.7 Å². The molecule has 0 unspecified atom stereocenters. The predicted octanol–water partition coefficient (Wildman–Crippen LogP) is 1.25. The predicted molar refractivity (Wildman–Crippen MR) is 109 cm³/mol. The van der Waals surface area contributed by atoms with Gasteiger partial charge in [0.25, 0.3) is 5.91 Å². The van der Waals surface area contributed by atoms with Crippen molar-refractivity contribution in [1.29, 1.82) is 0 Å². The number of amides is 1. The minimum atomic E-state index is -3.71. The summed E-state index contributed by atoms with van der Waals surface area (Å²) >= 11 is 1.30. The molecule has 11 heteroatoms. The highest BCUT2D eigenvalue weighted by molar-refractivity contribution is 7.89. The first-order valence-electron chi connectivity index (χ1n) is 9.31. The van der Waals surface area contributed by atoms with Gasteiger partial charge in [-0.3, -0.25) is 10.1 Å². The molecule has 1 aromatic carbocycles. The van der Waals surface area contributed by atoms with Crippen LogP contribution in [0, 0.1) is 0 Å². The second kappa shape index (κ2) is 8.76. The van der Waals surface area contributed by atoms with Crippen molar-refractivity contribution in [1.82, 2.24) is 9.29 Å². The average molecular weight is 439 g/mol. The minimum absolute atomic E-state index is 0.0979. The smallest absolute Gasteiger partial charge is 0.259 e. The van der Waals surface area contributed by atoms with E-state index in [4.69, 9.17) is 9.47 Å². The zero-order valence-electron chi connectivity index (χ0n) is 15.7. The molecule has 0 saturated carbocycles. The molecule has 2 fully saturated rings.